The highest BCUT2D eigenvalue weighted by atomic mass is 31.2. The Kier molecular flexibility index (Phi) is 19.6. The number of aliphatic hydroxyl groups excluding tert-OH is 1. The summed E-state index contributed by atoms with van der Waals surface area (Å²) in [5.74, 6) is 0. The minimum absolute atomic E-state index is 0.0660. The minimum atomic E-state index is -1.95. The molecule has 0 aromatic rings. The van der Waals surface area contributed by atoms with E-state index >= 15 is 0 Å². The summed E-state index contributed by atoms with van der Waals surface area (Å²) in [4.78, 5) is 9.73. The van der Waals surface area contributed by atoms with Crippen LogP contribution in [0.25, 0.3) is 0 Å². The quantitative estimate of drug-likeness (QED) is 0.101. The second kappa shape index (κ2) is 19.6. The summed E-state index contributed by atoms with van der Waals surface area (Å²) in [6.07, 6.45) is 18.6. The van der Waals surface area contributed by atoms with Crippen molar-refractivity contribution >= 4 is 8.60 Å². The van der Waals surface area contributed by atoms with Crippen molar-refractivity contribution in [3.8, 4) is 0 Å². The average molecular weight is 450 g/mol. The van der Waals surface area contributed by atoms with Crippen molar-refractivity contribution in [2.45, 2.75) is 96.1 Å². The summed E-state index contributed by atoms with van der Waals surface area (Å²) in [6.45, 7) is 3.52. The molecule has 0 radical (unpaired) electrons. The smallest absolute Gasteiger partial charge is 0.330 e. The van der Waals surface area contributed by atoms with Gasteiger partial charge in [-0.25, -0.2) is 0 Å². The van der Waals surface area contributed by atoms with Gasteiger partial charge < -0.3 is 29.3 Å². The van der Waals surface area contributed by atoms with Gasteiger partial charge in [-0.15, -0.1) is 0 Å². The van der Waals surface area contributed by atoms with E-state index in [0.717, 1.165) is 23.9 Å². The molecule has 180 valence electrons. The van der Waals surface area contributed by atoms with Gasteiger partial charge in [-0.2, -0.15) is 0 Å². The van der Waals surface area contributed by atoms with E-state index in [1.165, 1.54) is 64.2 Å². The lowest BCUT2D eigenvalue weighted by atomic mass is 10.0. The topological polar surface area (TPSA) is 84.9 Å². The van der Waals surface area contributed by atoms with Crippen molar-refractivity contribution in [3.63, 3.8) is 0 Å². The second-order valence-corrected chi connectivity index (χ2v) is 10.3. The zero-order chi connectivity index (χ0) is 22.7. The van der Waals surface area contributed by atoms with E-state index in [9.17, 15) is 10.00 Å². The summed E-state index contributed by atoms with van der Waals surface area (Å²) in [5, 5.41) is 10.1. The zero-order valence-electron chi connectivity index (χ0n) is 20.1. The number of unbranched alkanes of at least 4 members (excludes halogenated alkanes) is 11. The van der Waals surface area contributed by atoms with Crippen LogP contribution in [0.5, 0.6) is 0 Å². The third-order valence-corrected chi connectivity index (χ3v) is 5.86. The molecule has 3 atom stereocenters. The number of nitrogens with two attached hydrogens (primary N) is 1. The predicted molar refractivity (Wildman–Crippen MR) is 128 cm³/mol. The normalized spacial score (nSPS) is 15.6. The van der Waals surface area contributed by atoms with E-state index < -0.39 is 20.7 Å². The second-order valence-electron chi connectivity index (χ2n) is 9.29. The number of aliphatic hydroxyl groups is 1. The Balaban J connectivity index is 3.58. The molecule has 0 spiro atoms. The maximum Gasteiger partial charge on any atom is 0.330 e. The standard InChI is InChI=1S/C23H50N2O4P/c1-5-6-7-8-9-10-11-12-13-14-15-16-17-18-23(26)22(24)21-29-30(27)28-20-19-25(2,3)4/h17-18,22-23,26-27H,5-16,19-21,24H2,1-4H3/q+1/b18-17+. The molecule has 0 aromatic carbocycles. The summed E-state index contributed by atoms with van der Waals surface area (Å²) >= 11 is 0. The molecule has 0 heterocycles. The van der Waals surface area contributed by atoms with E-state index in [-0.39, 0.29) is 6.61 Å². The average Bonchev–Trinajstić information content (AvgIpc) is 2.68. The summed E-state index contributed by atoms with van der Waals surface area (Å²) in [7, 11) is 4.22. The number of hydrogen-bond acceptors (Lipinski definition) is 5. The van der Waals surface area contributed by atoms with Gasteiger partial charge in [0.05, 0.1) is 39.9 Å². The number of quaternary nitrogens is 1. The molecular formula is C23H50N2O4P+. The molecule has 0 aliphatic heterocycles. The van der Waals surface area contributed by atoms with Crippen LogP contribution in [0.3, 0.4) is 0 Å². The van der Waals surface area contributed by atoms with Crippen molar-refractivity contribution in [1.29, 1.82) is 0 Å². The molecule has 4 N–H and O–H groups in total. The van der Waals surface area contributed by atoms with Gasteiger partial charge in [-0.1, -0.05) is 83.3 Å². The summed E-state index contributed by atoms with van der Waals surface area (Å²) in [5.41, 5.74) is 5.92. The van der Waals surface area contributed by atoms with Gasteiger partial charge in [-0.3, -0.25) is 0 Å². The molecule has 0 rings (SSSR count). The van der Waals surface area contributed by atoms with Crippen LogP contribution < -0.4 is 5.73 Å². The van der Waals surface area contributed by atoms with Crippen LogP contribution in [0, 0.1) is 0 Å². The number of nitrogens with zero attached hydrogens (tertiary/aromatic N) is 1. The van der Waals surface area contributed by atoms with Gasteiger partial charge in [0.1, 0.15) is 13.2 Å². The fourth-order valence-electron chi connectivity index (χ4n) is 2.98. The monoisotopic (exact) mass is 449 g/mol. The lowest BCUT2D eigenvalue weighted by molar-refractivity contribution is -0.870. The Labute approximate surface area is 187 Å². The molecule has 0 aromatic heterocycles. The predicted octanol–water partition coefficient (Wildman–Crippen LogP) is 4.89. The van der Waals surface area contributed by atoms with Crippen LogP contribution in [0.4, 0.5) is 0 Å². The molecule has 0 bridgehead atoms. The van der Waals surface area contributed by atoms with Gasteiger partial charge in [0, 0.05) is 0 Å². The first-order chi connectivity index (χ1) is 14.3. The van der Waals surface area contributed by atoms with E-state index in [1.54, 1.807) is 6.08 Å². The first-order valence-electron chi connectivity index (χ1n) is 11.9. The van der Waals surface area contributed by atoms with Crippen LogP contribution in [0.2, 0.25) is 0 Å². The van der Waals surface area contributed by atoms with Gasteiger partial charge in [0.2, 0.25) is 0 Å². The number of rotatable bonds is 21. The molecule has 0 saturated heterocycles. The molecule has 0 fully saturated rings. The number of hydrogen-bond donors (Lipinski definition) is 3. The fourth-order valence-corrected chi connectivity index (χ4v) is 3.60. The first kappa shape index (κ1) is 29.9. The fraction of sp³-hybridized carbons (Fsp3) is 0.913. The lowest BCUT2D eigenvalue weighted by Gasteiger charge is -2.24. The Bertz CT molecular complexity index is 405. The Morgan fingerprint density at radius 1 is 0.900 bits per heavy atom. The Morgan fingerprint density at radius 3 is 1.97 bits per heavy atom. The minimum Gasteiger partial charge on any atom is -0.387 e. The molecule has 30 heavy (non-hydrogen) atoms. The van der Waals surface area contributed by atoms with Crippen molar-refractivity contribution in [1.82, 2.24) is 0 Å². The summed E-state index contributed by atoms with van der Waals surface area (Å²) < 4.78 is 11.2. The van der Waals surface area contributed by atoms with Crippen molar-refractivity contribution in [2.75, 3.05) is 40.9 Å². The van der Waals surface area contributed by atoms with Crippen molar-refractivity contribution in [3.05, 3.63) is 12.2 Å². The van der Waals surface area contributed by atoms with Crippen LogP contribution in [-0.2, 0) is 9.05 Å². The van der Waals surface area contributed by atoms with Gasteiger partial charge in [0.15, 0.2) is 0 Å². The molecule has 6 nitrogen and oxygen atoms in total. The Hall–Kier alpha value is -0.0700. The molecule has 0 saturated carbocycles. The van der Waals surface area contributed by atoms with Crippen LogP contribution in [-0.4, -0.2) is 67.5 Å². The largest absolute Gasteiger partial charge is 0.387 e. The molecule has 0 aliphatic carbocycles. The van der Waals surface area contributed by atoms with Crippen molar-refractivity contribution in [2.24, 2.45) is 5.73 Å². The highest BCUT2D eigenvalue weighted by Crippen LogP contribution is 2.32. The third kappa shape index (κ3) is 21.2. The van der Waals surface area contributed by atoms with Crippen LogP contribution in [0.1, 0.15) is 84.0 Å². The molecule has 7 heteroatoms. The van der Waals surface area contributed by atoms with Crippen molar-refractivity contribution < 1.29 is 23.5 Å². The first-order valence-corrected chi connectivity index (χ1v) is 13.0. The lowest BCUT2D eigenvalue weighted by Crippen LogP contribution is -2.38. The SMILES string of the molecule is CCCCCCCCCCCCC/C=C/C(O)C(N)COP(O)OCC[N+](C)(C)C. The molecule has 3 unspecified atom stereocenters. The number of likely N-dealkylation sites (N-methyl/N-ethyl adjacent to an activating group) is 1. The number of allylic oxidation sites excluding steroid dienone is 1. The van der Waals surface area contributed by atoms with Crippen LogP contribution >= 0.6 is 8.60 Å². The summed E-state index contributed by atoms with van der Waals surface area (Å²) in [6, 6.07) is -0.572. The maximum atomic E-state index is 10.1. The van der Waals surface area contributed by atoms with E-state index in [4.69, 9.17) is 14.8 Å². The van der Waals surface area contributed by atoms with E-state index in [2.05, 4.69) is 28.1 Å². The highest BCUT2D eigenvalue weighted by Gasteiger charge is 2.16. The van der Waals surface area contributed by atoms with E-state index in [1.807, 2.05) is 6.08 Å². The highest BCUT2D eigenvalue weighted by molar-refractivity contribution is 7.40. The molecule has 0 aliphatic rings. The molecular weight excluding hydrogens is 399 g/mol. The Morgan fingerprint density at radius 2 is 1.43 bits per heavy atom. The van der Waals surface area contributed by atoms with E-state index in [0.29, 0.717) is 6.61 Å². The third-order valence-electron chi connectivity index (χ3n) is 5.09. The van der Waals surface area contributed by atoms with Gasteiger partial charge in [0.25, 0.3) is 0 Å². The van der Waals surface area contributed by atoms with Gasteiger partial charge in [-0.05, 0) is 12.8 Å². The maximum absolute atomic E-state index is 10.1. The molecule has 0 amide bonds. The van der Waals surface area contributed by atoms with Gasteiger partial charge >= 0.3 is 8.60 Å². The van der Waals surface area contributed by atoms with Crippen LogP contribution in [0.15, 0.2) is 12.2 Å². The zero-order valence-corrected chi connectivity index (χ0v) is 21.0.